The minimum absolute atomic E-state index is 0.829. The van der Waals surface area contributed by atoms with Gasteiger partial charge in [-0.15, -0.1) is 3.97 Å². The van der Waals surface area contributed by atoms with Crippen LogP contribution < -0.4 is 3.97 Å². The van der Waals surface area contributed by atoms with Crippen molar-refractivity contribution in [3.8, 4) is 11.3 Å². The van der Waals surface area contributed by atoms with Gasteiger partial charge in [-0.1, -0.05) is 88.1 Å². The maximum Gasteiger partial charge on any atom is 0.379 e. The van der Waals surface area contributed by atoms with Crippen LogP contribution in [0.1, 0.15) is 76.7 Å². The monoisotopic (exact) mass is 434 g/mol. The molecule has 0 unspecified atom stereocenters. The van der Waals surface area contributed by atoms with Crippen LogP contribution in [0.5, 0.6) is 0 Å². The summed E-state index contributed by atoms with van der Waals surface area (Å²) in [6.07, 6.45) is 16.4. The van der Waals surface area contributed by atoms with Gasteiger partial charge in [0.25, 0.3) is 6.33 Å². The first-order chi connectivity index (χ1) is 14.4. The predicted octanol–water partition coefficient (Wildman–Crippen LogP) is 5.33. The van der Waals surface area contributed by atoms with Crippen LogP contribution >= 0.6 is 0 Å². The van der Waals surface area contributed by atoms with Crippen LogP contribution in [-0.4, -0.2) is 31.4 Å². The Morgan fingerprint density at radius 1 is 0.867 bits per heavy atom. The molecule has 30 heavy (non-hydrogen) atoms. The normalized spacial score (nSPS) is 12.0. The maximum atomic E-state index is 12.6. The summed E-state index contributed by atoms with van der Waals surface area (Å²) < 4.78 is 29.9. The highest BCUT2D eigenvalue weighted by molar-refractivity contribution is 7.82. The first-order valence-electron chi connectivity index (χ1n) is 11.5. The Morgan fingerprint density at radius 3 is 1.93 bits per heavy atom. The first-order valence-corrected chi connectivity index (χ1v) is 12.9. The van der Waals surface area contributed by atoms with Crippen molar-refractivity contribution in [2.45, 2.75) is 84.6 Å². The zero-order chi connectivity index (χ0) is 22.0. The van der Waals surface area contributed by atoms with E-state index < -0.39 is 10.2 Å². The molecule has 5 nitrogen and oxygen atoms in total. The Bertz CT molecular complexity index is 855. The van der Waals surface area contributed by atoms with Gasteiger partial charge in [0.05, 0.1) is 6.54 Å². The van der Waals surface area contributed by atoms with Crippen molar-refractivity contribution < 1.29 is 12.4 Å². The van der Waals surface area contributed by atoms with E-state index in [1.807, 2.05) is 0 Å². The second kappa shape index (κ2) is 12.3. The number of rotatable bonds is 14. The zero-order valence-corrected chi connectivity index (χ0v) is 20.1. The van der Waals surface area contributed by atoms with Crippen molar-refractivity contribution in [1.82, 2.24) is 8.87 Å². The summed E-state index contributed by atoms with van der Waals surface area (Å²) >= 11 is 0. The van der Waals surface area contributed by atoms with Gasteiger partial charge in [-0.05, 0) is 19.8 Å². The summed E-state index contributed by atoms with van der Waals surface area (Å²) in [5.74, 6) is 0. The molecule has 1 heterocycles. The number of imidazole rings is 1. The number of benzene rings is 1. The predicted molar refractivity (Wildman–Crippen MR) is 125 cm³/mol. The first kappa shape index (κ1) is 24.6. The van der Waals surface area contributed by atoms with Crippen LogP contribution in [0.4, 0.5) is 0 Å². The zero-order valence-electron chi connectivity index (χ0n) is 19.3. The third-order valence-corrected chi connectivity index (χ3v) is 7.30. The average molecular weight is 435 g/mol. The Balaban J connectivity index is 1.95. The maximum absolute atomic E-state index is 12.6. The lowest BCUT2D eigenvalue weighted by molar-refractivity contribution is -0.514. The molecule has 0 radical (unpaired) electrons. The van der Waals surface area contributed by atoms with Crippen LogP contribution in [0.15, 0.2) is 36.8 Å². The van der Waals surface area contributed by atoms with Gasteiger partial charge in [0.1, 0.15) is 0 Å². The van der Waals surface area contributed by atoms with E-state index >= 15 is 0 Å². The van der Waals surface area contributed by atoms with Gasteiger partial charge in [0.2, 0.25) is 0 Å². The SMILES string of the molecule is CCCCCCCCCCCCn1c[n+](S(=O)(=O)N(C)C)cc1-c1ccc(C)cc1. The topological polar surface area (TPSA) is 46.2 Å². The lowest BCUT2D eigenvalue weighted by Gasteiger charge is -2.05. The van der Waals surface area contributed by atoms with E-state index in [0.29, 0.717) is 0 Å². The largest absolute Gasteiger partial charge is 0.379 e. The molecule has 0 aliphatic carbocycles. The highest BCUT2D eigenvalue weighted by atomic mass is 32.2. The molecule has 0 aliphatic rings. The Labute approximate surface area is 183 Å². The fourth-order valence-corrected chi connectivity index (χ4v) is 4.50. The van der Waals surface area contributed by atoms with Crippen molar-refractivity contribution in [3.05, 3.63) is 42.4 Å². The molecule has 2 aromatic rings. The number of hydrogen-bond acceptors (Lipinski definition) is 2. The van der Waals surface area contributed by atoms with E-state index in [9.17, 15) is 8.42 Å². The lowest BCUT2D eigenvalue weighted by atomic mass is 10.1. The number of unbranched alkanes of at least 4 members (excludes halogenated alkanes) is 9. The van der Waals surface area contributed by atoms with E-state index in [1.54, 1.807) is 26.6 Å². The molecular weight excluding hydrogens is 394 g/mol. The fraction of sp³-hybridized carbons (Fsp3) is 0.625. The molecule has 0 spiro atoms. The smallest absolute Gasteiger partial charge is 0.229 e. The summed E-state index contributed by atoms with van der Waals surface area (Å²) in [6, 6.07) is 8.26. The van der Waals surface area contributed by atoms with Crippen molar-refractivity contribution in [2.75, 3.05) is 14.1 Å². The molecule has 0 saturated heterocycles. The molecular formula is C24H40N3O2S+. The Morgan fingerprint density at radius 2 is 1.40 bits per heavy atom. The summed E-state index contributed by atoms with van der Waals surface area (Å²) in [4.78, 5) is 0. The van der Waals surface area contributed by atoms with Crippen LogP contribution in [0.3, 0.4) is 0 Å². The molecule has 0 saturated carbocycles. The van der Waals surface area contributed by atoms with Gasteiger partial charge in [0.15, 0.2) is 11.9 Å². The minimum Gasteiger partial charge on any atom is -0.229 e. The van der Waals surface area contributed by atoms with Crippen molar-refractivity contribution >= 4 is 10.2 Å². The quantitative estimate of drug-likeness (QED) is 0.298. The summed E-state index contributed by atoms with van der Waals surface area (Å²) in [5.41, 5.74) is 3.18. The average Bonchev–Trinajstić information content (AvgIpc) is 3.15. The van der Waals surface area contributed by atoms with E-state index in [4.69, 9.17) is 0 Å². The van der Waals surface area contributed by atoms with E-state index in [-0.39, 0.29) is 0 Å². The van der Waals surface area contributed by atoms with Crippen LogP contribution in [-0.2, 0) is 16.8 Å². The van der Waals surface area contributed by atoms with E-state index in [0.717, 1.165) is 24.2 Å². The van der Waals surface area contributed by atoms with Gasteiger partial charge in [-0.25, -0.2) is 4.57 Å². The summed E-state index contributed by atoms with van der Waals surface area (Å²) in [5, 5.41) is 0. The molecule has 0 atom stereocenters. The highest BCUT2D eigenvalue weighted by Gasteiger charge is 2.26. The molecule has 1 aromatic carbocycles. The number of nitrogens with zero attached hydrogens (tertiary/aromatic N) is 3. The molecule has 1 aromatic heterocycles. The number of aryl methyl sites for hydroxylation is 2. The molecule has 2 rings (SSSR count). The molecule has 0 aliphatic heterocycles. The Kier molecular flexibility index (Phi) is 10.1. The van der Waals surface area contributed by atoms with Gasteiger partial charge >= 0.3 is 10.2 Å². The van der Waals surface area contributed by atoms with Crippen LogP contribution in [0.25, 0.3) is 11.3 Å². The highest BCUT2D eigenvalue weighted by Crippen LogP contribution is 2.20. The van der Waals surface area contributed by atoms with Crippen molar-refractivity contribution in [1.29, 1.82) is 0 Å². The third-order valence-electron chi connectivity index (χ3n) is 5.64. The fourth-order valence-electron chi connectivity index (χ4n) is 3.65. The third kappa shape index (κ3) is 7.24. The second-order valence-corrected chi connectivity index (χ2v) is 10.5. The number of aromatic nitrogens is 2. The van der Waals surface area contributed by atoms with Crippen LogP contribution in [0, 0.1) is 6.92 Å². The summed E-state index contributed by atoms with van der Waals surface area (Å²) in [7, 11) is -0.392. The van der Waals surface area contributed by atoms with Crippen molar-refractivity contribution in [3.63, 3.8) is 0 Å². The molecule has 0 fully saturated rings. The molecule has 6 heteroatoms. The van der Waals surface area contributed by atoms with Gasteiger partial charge in [-0.2, -0.15) is 12.7 Å². The van der Waals surface area contributed by atoms with Crippen LogP contribution in [0.2, 0.25) is 0 Å². The van der Waals surface area contributed by atoms with E-state index in [1.165, 1.54) is 71.6 Å². The summed E-state index contributed by atoms with van der Waals surface area (Å²) in [6.45, 7) is 5.14. The molecule has 0 N–H and O–H groups in total. The molecule has 168 valence electrons. The van der Waals surface area contributed by atoms with Gasteiger partial charge in [0, 0.05) is 19.7 Å². The minimum atomic E-state index is -3.52. The molecule has 0 amide bonds. The molecule has 0 bridgehead atoms. The number of hydrogen-bond donors (Lipinski definition) is 0. The second-order valence-electron chi connectivity index (χ2n) is 8.49. The van der Waals surface area contributed by atoms with Gasteiger partial charge in [-0.3, -0.25) is 0 Å². The van der Waals surface area contributed by atoms with Gasteiger partial charge < -0.3 is 0 Å². The van der Waals surface area contributed by atoms with E-state index in [2.05, 4.69) is 42.7 Å². The van der Waals surface area contributed by atoms with Crippen molar-refractivity contribution in [2.24, 2.45) is 0 Å². The standard InChI is InChI=1S/C24H40N3O2S/c1-5-6-7-8-9-10-11-12-13-14-19-26-21-27(30(28,29)25(3)4)20-24(26)23-17-15-22(2)16-18-23/h15-18,20-21H,5-14,19H2,1-4H3/q+1. The lowest BCUT2D eigenvalue weighted by Crippen LogP contribution is -2.48. The Hall–Kier alpha value is -1.66.